The zero-order chi connectivity index (χ0) is 28.6. The first kappa shape index (κ1) is 29.6. The van der Waals surface area contributed by atoms with Gasteiger partial charge in [0.05, 0.1) is 24.1 Å². The minimum atomic E-state index is -1.23. The Morgan fingerprint density at radius 1 is 1.03 bits per heavy atom. The van der Waals surface area contributed by atoms with Crippen LogP contribution in [0.25, 0.3) is 11.3 Å². The number of carbonyl (C=O) groups excluding carboxylic acids is 2. The van der Waals surface area contributed by atoms with E-state index in [1.807, 2.05) is 99.1 Å². The average Bonchev–Trinajstić information content (AvgIpc) is 3.39. The van der Waals surface area contributed by atoms with Gasteiger partial charge in [-0.15, -0.1) is 0 Å². The molecule has 3 rings (SSSR count). The lowest BCUT2D eigenvalue weighted by Gasteiger charge is -2.43. The molecule has 3 atom stereocenters. The van der Waals surface area contributed by atoms with Crippen LogP contribution in [0.15, 0.2) is 73.2 Å². The Kier molecular flexibility index (Phi) is 10.0. The van der Waals surface area contributed by atoms with Crippen molar-refractivity contribution in [2.24, 2.45) is 5.41 Å². The molecule has 1 aromatic heterocycles. The van der Waals surface area contributed by atoms with Crippen LogP contribution in [0.5, 0.6) is 0 Å². The fraction of sp³-hybridized carbons (Fsp3) is 0.419. The highest BCUT2D eigenvalue weighted by Crippen LogP contribution is 2.34. The van der Waals surface area contributed by atoms with Gasteiger partial charge in [0.25, 0.3) is 5.91 Å². The SMILES string of the molecule is CCCC(C)(C)[C@@H](C(=O)C(=O)N[C@H](C)c1ccccc1)N(C(=O)O)[C@H](CC)Cn1cnc(-c2ccccc2)c1. The normalized spacial score (nSPS) is 13.8. The molecule has 1 heterocycles. The number of nitrogens with zero attached hydrogens (tertiary/aromatic N) is 3. The third-order valence-electron chi connectivity index (χ3n) is 7.24. The molecule has 0 spiro atoms. The second-order valence-corrected chi connectivity index (χ2v) is 10.7. The lowest BCUT2D eigenvalue weighted by atomic mass is 9.76. The Bertz CT molecular complexity index is 1240. The van der Waals surface area contributed by atoms with Crippen LogP contribution in [0.2, 0.25) is 0 Å². The van der Waals surface area contributed by atoms with Gasteiger partial charge < -0.3 is 15.0 Å². The predicted octanol–water partition coefficient (Wildman–Crippen LogP) is 5.95. The molecule has 8 heteroatoms. The Morgan fingerprint density at radius 2 is 1.64 bits per heavy atom. The van der Waals surface area contributed by atoms with Crippen molar-refractivity contribution in [3.05, 3.63) is 78.8 Å². The lowest BCUT2D eigenvalue weighted by Crippen LogP contribution is -2.60. The first-order chi connectivity index (χ1) is 18.6. The first-order valence-corrected chi connectivity index (χ1v) is 13.6. The molecular weight excluding hydrogens is 492 g/mol. The molecule has 8 nitrogen and oxygen atoms in total. The molecule has 0 aliphatic carbocycles. The van der Waals surface area contributed by atoms with Crippen LogP contribution in [-0.2, 0) is 16.1 Å². The minimum Gasteiger partial charge on any atom is -0.465 e. The van der Waals surface area contributed by atoms with E-state index in [9.17, 15) is 19.5 Å². The lowest BCUT2D eigenvalue weighted by molar-refractivity contribution is -0.144. The van der Waals surface area contributed by atoms with Crippen molar-refractivity contribution in [2.45, 2.75) is 78.6 Å². The zero-order valence-corrected chi connectivity index (χ0v) is 23.5. The largest absolute Gasteiger partial charge is 0.465 e. The van der Waals surface area contributed by atoms with Gasteiger partial charge in [-0.05, 0) is 30.7 Å². The summed E-state index contributed by atoms with van der Waals surface area (Å²) in [5.74, 6) is -1.52. The number of aromatic nitrogens is 2. The number of ketones is 1. The van der Waals surface area contributed by atoms with Gasteiger partial charge in [0.15, 0.2) is 0 Å². The number of carbonyl (C=O) groups is 3. The number of hydrogen-bond acceptors (Lipinski definition) is 4. The molecule has 0 unspecified atom stereocenters. The van der Waals surface area contributed by atoms with Gasteiger partial charge in [-0.1, -0.05) is 94.8 Å². The fourth-order valence-electron chi connectivity index (χ4n) is 5.21. The van der Waals surface area contributed by atoms with Crippen LogP contribution in [0.4, 0.5) is 4.79 Å². The molecule has 208 valence electrons. The Hall–Kier alpha value is -3.94. The standard InChI is InChI=1S/C31H40N4O4/c1-6-18-31(4,5)28(27(36)29(37)33-22(3)23-14-10-8-11-15-23)35(30(38)39)25(7-2)19-34-20-26(32-21-34)24-16-12-9-13-17-24/h8-17,20-22,25,28H,6-7,18-19H2,1-5H3,(H,33,37)(H,38,39)/t22-,25-,28-/m1/s1. The van der Waals surface area contributed by atoms with Gasteiger partial charge in [-0.25, -0.2) is 9.78 Å². The highest BCUT2D eigenvalue weighted by Gasteiger charge is 2.46. The summed E-state index contributed by atoms with van der Waals surface area (Å²) < 4.78 is 1.85. The second-order valence-electron chi connectivity index (χ2n) is 10.7. The summed E-state index contributed by atoms with van der Waals surface area (Å²) in [4.78, 5) is 45.6. The number of nitrogens with one attached hydrogen (secondary N) is 1. The molecule has 0 fully saturated rings. The molecule has 2 aromatic carbocycles. The van der Waals surface area contributed by atoms with E-state index < -0.39 is 41.3 Å². The van der Waals surface area contributed by atoms with Gasteiger partial charge in [0.1, 0.15) is 6.04 Å². The Labute approximate surface area is 231 Å². The number of hydrogen-bond donors (Lipinski definition) is 2. The summed E-state index contributed by atoms with van der Waals surface area (Å²) >= 11 is 0. The maximum absolute atomic E-state index is 13.8. The average molecular weight is 533 g/mol. The molecule has 0 saturated carbocycles. The number of rotatable bonds is 13. The van der Waals surface area contributed by atoms with Crippen molar-refractivity contribution in [3.8, 4) is 11.3 Å². The van der Waals surface area contributed by atoms with Crippen LogP contribution in [0, 0.1) is 5.41 Å². The smallest absolute Gasteiger partial charge is 0.408 e. The van der Waals surface area contributed by atoms with Gasteiger partial charge in [0, 0.05) is 18.3 Å². The number of carboxylic acid groups (broad SMARTS) is 1. The van der Waals surface area contributed by atoms with E-state index in [0.717, 1.165) is 23.2 Å². The van der Waals surface area contributed by atoms with Gasteiger partial charge >= 0.3 is 6.09 Å². The van der Waals surface area contributed by atoms with Crippen LogP contribution in [-0.4, -0.2) is 49.4 Å². The molecular formula is C31H40N4O4. The molecule has 39 heavy (non-hydrogen) atoms. The van der Waals surface area contributed by atoms with Crippen molar-refractivity contribution in [1.29, 1.82) is 0 Å². The fourth-order valence-corrected chi connectivity index (χ4v) is 5.21. The zero-order valence-electron chi connectivity index (χ0n) is 23.5. The number of benzene rings is 2. The van der Waals surface area contributed by atoms with Crippen LogP contribution in [0.3, 0.4) is 0 Å². The van der Waals surface area contributed by atoms with E-state index in [1.54, 1.807) is 13.3 Å². The van der Waals surface area contributed by atoms with Crippen molar-refractivity contribution < 1.29 is 19.5 Å². The third-order valence-corrected chi connectivity index (χ3v) is 7.24. The summed E-state index contributed by atoms with van der Waals surface area (Å²) in [5, 5.41) is 13.2. The van der Waals surface area contributed by atoms with Crippen molar-refractivity contribution >= 4 is 17.8 Å². The monoisotopic (exact) mass is 532 g/mol. The minimum absolute atomic E-state index is 0.302. The van der Waals surface area contributed by atoms with Crippen molar-refractivity contribution in [1.82, 2.24) is 19.8 Å². The third kappa shape index (κ3) is 7.34. The topological polar surface area (TPSA) is 105 Å². The van der Waals surface area contributed by atoms with Crippen molar-refractivity contribution in [2.75, 3.05) is 0 Å². The van der Waals surface area contributed by atoms with Gasteiger partial charge in [-0.3, -0.25) is 14.5 Å². The Morgan fingerprint density at radius 3 is 2.21 bits per heavy atom. The quantitative estimate of drug-likeness (QED) is 0.265. The summed E-state index contributed by atoms with van der Waals surface area (Å²) in [6.45, 7) is 9.71. The summed E-state index contributed by atoms with van der Waals surface area (Å²) in [7, 11) is 0. The van der Waals surface area contributed by atoms with Crippen LogP contribution in [0.1, 0.15) is 65.5 Å². The van der Waals surface area contributed by atoms with E-state index in [4.69, 9.17) is 0 Å². The van der Waals surface area contributed by atoms with E-state index in [0.29, 0.717) is 19.4 Å². The maximum atomic E-state index is 13.8. The number of imidazole rings is 1. The molecule has 2 N–H and O–H groups in total. The summed E-state index contributed by atoms with van der Waals surface area (Å²) in [6.07, 6.45) is 4.10. The van der Waals surface area contributed by atoms with Crippen molar-refractivity contribution in [3.63, 3.8) is 0 Å². The molecule has 0 saturated heterocycles. The molecule has 0 bridgehead atoms. The number of Topliss-reactive ketones (excluding diaryl/α,β-unsaturated/α-hetero) is 1. The predicted molar refractivity (Wildman–Crippen MR) is 152 cm³/mol. The Balaban J connectivity index is 1.91. The highest BCUT2D eigenvalue weighted by molar-refractivity contribution is 6.38. The second kappa shape index (κ2) is 13.2. The molecule has 0 aliphatic heterocycles. The van der Waals surface area contributed by atoms with Crippen LogP contribution < -0.4 is 5.32 Å². The summed E-state index contributed by atoms with van der Waals surface area (Å²) in [5.41, 5.74) is 1.83. The molecule has 2 amide bonds. The first-order valence-electron chi connectivity index (χ1n) is 13.6. The van der Waals surface area contributed by atoms with Gasteiger partial charge in [0.2, 0.25) is 5.78 Å². The van der Waals surface area contributed by atoms with Gasteiger partial charge in [-0.2, -0.15) is 0 Å². The maximum Gasteiger partial charge on any atom is 0.408 e. The summed E-state index contributed by atoms with van der Waals surface area (Å²) in [6, 6.07) is 17.0. The number of amides is 2. The molecule has 0 aliphatic rings. The van der Waals surface area contributed by atoms with Crippen LogP contribution >= 0.6 is 0 Å². The van der Waals surface area contributed by atoms with E-state index in [2.05, 4.69) is 10.3 Å². The highest BCUT2D eigenvalue weighted by atomic mass is 16.4. The van der Waals surface area contributed by atoms with E-state index in [1.165, 1.54) is 4.90 Å². The molecule has 0 radical (unpaired) electrons. The van der Waals surface area contributed by atoms with E-state index in [-0.39, 0.29) is 0 Å². The molecule has 3 aromatic rings. The van der Waals surface area contributed by atoms with E-state index >= 15 is 0 Å².